The van der Waals surface area contributed by atoms with Crippen LogP contribution in [-0.4, -0.2) is 59.6 Å². The summed E-state index contributed by atoms with van der Waals surface area (Å²) in [5.41, 5.74) is 0. The molecule has 0 bridgehead atoms. The summed E-state index contributed by atoms with van der Waals surface area (Å²) in [5, 5.41) is 28.3. The molecule has 0 radical (unpaired) electrons. The van der Waals surface area contributed by atoms with E-state index in [9.17, 15) is 10.2 Å². The highest BCUT2D eigenvalue weighted by Crippen LogP contribution is 2.20. The summed E-state index contributed by atoms with van der Waals surface area (Å²) in [6, 6.07) is 0. The lowest BCUT2D eigenvalue weighted by Crippen LogP contribution is -2.41. The number of hydrogen-bond donors (Lipinski definition) is 3. The fourth-order valence-corrected chi connectivity index (χ4v) is 2.44. The normalized spacial score (nSPS) is 27.5. The molecule has 1 rings (SSSR count). The van der Waals surface area contributed by atoms with Crippen LogP contribution >= 0.6 is 0 Å². The molecule has 5 nitrogen and oxygen atoms in total. The summed E-state index contributed by atoms with van der Waals surface area (Å²) >= 11 is 0. The first-order valence-electron chi connectivity index (χ1n) is 8.05. The topological polar surface area (TPSA) is 79.2 Å². The van der Waals surface area contributed by atoms with Crippen LogP contribution in [0.5, 0.6) is 0 Å². The maximum absolute atomic E-state index is 9.94. The van der Waals surface area contributed by atoms with Crippen molar-refractivity contribution in [3.63, 3.8) is 0 Å². The average molecular weight is 302 g/mol. The first-order chi connectivity index (χ1) is 10.2. The highest BCUT2D eigenvalue weighted by Gasteiger charge is 2.40. The lowest BCUT2D eigenvalue weighted by atomic mass is 10.1. The summed E-state index contributed by atoms with van der Waals surface area (Å²) in [6.45, 7) is 2.59. The van der Waals surface area contributed by atoms with Crippen molar-refractivity contribution in [2.75, 3.05) is 19.8 Å². The van der Waals surface area contributed by atoms with Gasteiger partial charge in [-0.1, -0.05) is 31.9 Å². The number of hydrogen-bond acceptors (Lipinski definition) is 5. The third-order valence-corrected chi connectivity index (χ3v) is 3.74. The van der Waals surface area contributed by atoms with Crippen LogP contribution in [-0.2, 0) is 9.47 Å². The van der Waals surface area contributed by atoms with Crippen molar-refractivity contribution in [1.82, 2.24) is 0 Å². The lowest BCUT2D eigenvalue weighted by molar-refractivity contribution is -0.0730. The zero-order valence-electron chi connectivity index (χ0n) is 13.0. The second-order valence-electron chi connectivity index (χ2n) is 5.53. The van der Waals surface area contributed by atoms with E-state index in [-0.39, 0.29) is 6.61 Å². The molecule has 0 aromatic rings. The Kier molecular flexibility index (Phi) is 9.87. The van der Waals surface area contributed by atoms with E-state index in [2.05, 4.69) is 19.1 Å². The Bertz CT molecular complexity index is 282. The van der Waals surface area contributed by atoms with Gasteiger partial charge in [0.1, 0.15) is 24.4 Å². The average Bonchev–Trinajstić information content (AvgIpc) is 2.86. The zero-order valence-corrected chi connectivity index (χ0v) is 13.0. The van der Waals surface area contributed by atoms with Crippen LogP contribution < -0.4 is 0 Å². The van der Waals surface area contributed by atoms with E-state index in [0.29, 0.717) is 6.61 Å². The lowest BCUT2D eigenvalue weighted by Gasteiger charge is -2.20. The van der Waals surface area contributed by atoms with E-state index >= 15 is 0 Å². The molecule has 124 valence electrons. The van der Waals surface area contributed by atoms with E-state index in [1.807, 2.05) is 0 Å². The zero-order chi connectivity index (χ0) is 15.5. The van der Waals surface area contributed by atoms with E-state index in [0.717, 1.165) is 25.7 Å². The van der Waals surface area contributed by atoms with Crippen LogP contribution in [0.25, 0.3) is 0 Å². The summed E-state index contributed by atoms with van der Waals surface area (Å²) in [5.74, 6) is 0. The Morgan fingerprint density at radius 3 is 2.71 bits per heavy atom. The smallest absolute Gasteiger partial charge is 0.114 e. The van der Waals surface area contributed by atoms with Gasteiger partial charge in [-0.2, -0.15) is 0 Å². The van der Waals surface area contributed by atoms with Gasteiger partial charge in [0.2, 0.25) is 0 Å². The van der Waals surface area contributed by atoms with Crippen LogP contribution in [0.15, 0.2) is 12.2 Å². The quantitative estimate of drug-likeness (QED) is 0.397. The monoisotopic (exact) mass is 302 g/mol. The minimum atomic E-state index is -1.05. The molecule has 0 aromatic carbocycles. The molecule has 0 unspecified atom stereocenters. The van der Waals surface area contributed by atoms with Crippen LogP contribution in [0, 0.1) is 0 Å². The van der Waals surface area contributed by atoms with E-state index in [4.69, 9.17) is 14.6 Å². The van der Waals surface area contributed by atoms with Gasteiger partial charge < -0.3 is 24.8 Å². The van der Waals surface area contributed by atoms with Crippen molar-refractivity contribution in [1.29, 1.82) is 0 Å². The first-order valence-corrected chi connectivity index (χ1v) is 8.05. The van der Waals surface area contributed by atoms with Crippen molar-refractivity contribution in [2.45, 2.75) is 69.9 Å². The fraction of sp³-hybridized carbons (Fsp3) is 0.875. The third-order valence-electron chi connectivity index (χ3n) is 3.74. The van der Waals surface area contributed by atoms with Crippen molar-refractivity contribution in [3.8, 4) is 0 Å². The van der Waals surface area contributed by atoms with E-state index in [1.54, 1.807) is 0 Å². The second-order valence-corrected chi connectivity index (χ2v) is 5.53. The van der Waals surface area contributed by atoms with Crippen LogP contribution in [0.3, 0.4) is 0 Å². The molecule has 0 aliphatic carbocycles. The predicted molar refractivity (Wildman–Crippen MR) is 81.1 cm³/mol. The standard InChI is InChI=1S/C16H30O5/c1-2-3-4-5-6-7-8-9-10-20-14-12-21-16(15(14)19)13(18)11-17/h3-4,13-19H,2,5-12H2,1H3/b4-3+/t13-,14+,15+,16+/m0/s1. The molecule has 0 spiro atoms. The van der Waals surface area contributed by atoms with Crippen molar-refractivity contribution < 1.29 is 24.8 Å². The SMILES string of the molecule is CC/C=C/CCCCCCO[C@@H]1CO[C@H]([C@@H](O)CO)[C@@H]1O. The number of unbranched alkanes of at least 4 members (excludes halogenated alkanes) is 4. The summed E-state index contributed by atoms with van der Waals surface area (Å²) < 4.78 is 10.9. The largest absolute Gasteiger partial charge is 0.394 e. The number of rotatable bonds is 11. The Balaban J connectivity index is 2.02. The molecule has 3 N–H and O–H groups in total. The molecular formula is C16H30O5. The van der Waals surface area contributed by atoms with E-state index in [1.165, 1.54) is 12.8 Å². The molecule has 1 heterocycles. The van der Waals surface area contributed by atoms with Crippen LogP contribution in [0.2, 0.25) is 0 Å². The fourth-order valence-electron chi connectivity index (χ4n) is 2.44. The molecule has 1 aliphatic heterocycles. The maximum atomic E-state index is 9.94. The van der Waals surface area contributed by atoms with Crippen LogP contribution in [0.1, 0.15) is 45.4 Å². The van der Waals surface area contributed by atoms with Gasteiger partial charge >= 0.3 is 0 Å². The Labute approximate surface area is 127 Å². The molecule has 1 fully saturated rings. The van der Waals surface area contributed by atoms with Gasteiger partial charge in [0.15, 0.2) is 0 Å². The predicted octanol–water partition coefficient (Wildman–Crippen LogP) is 1.40. The third kappa shape index (κ3) is 6.89. The van der Waals surface area contributed by atoms with Crippen molar-refractivity contribution >= 4 is 0 Å². The first kappa shape index (κ1) is 18.6. The van der Waals surface area contributed by atoms with Gasteiger partial charge in [-0.15, -0.1) is 0 Å². The Morgan fingerprint density at radius 1 is 1.24 bits per heavy atom. The molecule has 21 heavy (non-hydrogen) atoms. The molecule has 0 amide bonds. The number of allylic oxidation sites excluding steroid dienone is 2. The molecule has 0 saturated carbocycles. The minimum absolute atomic E-state index is 0.269. The maximum Gasteiger partial charge on any atom is 0.114 e. The number of aliphatic hydroxyl groups excluding tert-OH is 3. The Hall–Kier alpha value is -0.460. The molecule has 0 aromatic heterocycles. The van der Waals surface area contributed by atoms with Gasteiger partial charge in [0.25, 0.3) is 0 Å². The van der Waals surface area contributed by atoms with Gasteiger partial charge in [0, 0.05) is 6.61 Å². The number of aliphatic hydroxyl groups is 3. The summed E-state index contributed by atoms with van der Waals surface area (Å²) in [4.78, 5) is 0. The highest BCUT2D eigenvalue weighted by molar-refractivity contribution is 4.88. The molecule has 1 saturated heterocycles. The summed E-state index contributed by atoms with van der Waals surface area (Å²) in [6.07, 6.45) is 8.09. The minimum Gasteiger partial charge on any atom is -0.394 e. The number of ether oxygens (including phenoxy) is 2. The van der Waals surface area contributed by atoms with E-state index < -0.39 is 31.0 Å². The van der Waals surface area contributed by atoms with Gasteiger partial charge in [-0.3, -0.25) is 0 Å². The molecule has 4 atom stereocenters. The van der Waals surface area contributed by atoms with Crippen molar-refractivity contribution in [3.05, 3.63) is 12.2 Å². The van der Waals surface area contributed by atoms with Gasteiger partial charge in [-0.25, -0.2) is 0 Å². The van der Waals surface area contributed by atoms with Gasteiger partial charge in [0.05, 0.1) is 13.2 Å². The van der Waals surface area contributed by atoms with Crippen LogP contribution in [0.4, 0.5) is 0 Å². The second kappa shape index (κ2) is 11.2. The van der Waals surface area contributed by atoms with Crippen molar-refractivity contribution in [2.24, 2.45) is 0 Å². The highest BCUT2D eigenvalue weighted by atomic mass is 16.6. The van der Waals surface area contributed by atoms with Gasteiger partial charge in [-0.05, 0) is 25.7 Å². The Morgan fingerprint density at radius 2 is 2.00 bits per heavy atom. The molecule has 5 heteroatoms. The summed E-state index contributed by atoms with van der Waals surface area (Å²) in [7, 11) is 0. The molecular weight excluding hydrogens is 272 g/mol. The molecule has 1 aliphatic rings.